The maximum absolute atomic E-state index is 12.8. The van der Waals surface area contributed by atoms with Crippen LogP contribution in [0.4, 0.5) is 13.2 Å². The monoisotopic (exact) mass is 349 g/mol. The second kappa shape index (κ2) is 5.76. The third kappa shape index (κ3) is 3.53. The molecule has 0 aromatic heterocycles. The Balaban J connectivity index is 2.24. The highest BCUT2D eigenvalue weighted by Crippen LogP contribution is 2.36. The van der Waals surface area contributed by atoms with Crippen molar-refractivity contribution in [2.24, 2.45) is 5.92 Å². The first-order chi connectivity index (χ1) is 9.32. The van der Waals surface area contributed by atoms with Crippen LogP contribution in [0.3, 0.4) is 0 Å². The van der Waals surface area contributed by atoms with Crippen LogP contribution in [0.5, 0.6) is 0 Å². The number of nitrogens with zero attached hydrogens (tertiary/aromatic N) is 1. The molecule has 2 nitrogen and oxygen atoms in total. The average molecular weight is 350 g/mol. The summed E-state index contributed by atoms with van der Waals surface area (Å²) in [5.74, 6) is 0.175. The second-order valence-electron chi connectivity index (χ2n) is 4.98. The van der Waals surface area contributed by atoms with Crippen LogP contribution in [0.2, 0.25) is 0 Å². The average Bonchev–Trinajstić information content (AvgIpc) is 3.18. The van der Waals surface area contributed by atoms with Gasteiger partial charge in [0.05, 0.1) is 5.56 Å². The number of hydrogen-bond acceptors (Lipinski definition) is 1. The molecule has 0 unspecified atom stereocenters. The Hall–Kier alpha value is -1.04. The van der Waals surface area contributed by atoms with Crippen LogP contribution in [-0.4, -0.2) is 23.9 Å². The Morgan fingerprint density at radius 2 is 2.05 bits per heavy atom. The van der Waals surface area contributed by atoms with Gasteiger partial charge in [0, 0.05) is 23.1 Å². The van der Waals surface area contributed by atoms with Gasteiger partial charge in [0.15, 0.2) is 0 Å². The predicted molar refractivity (Wildman–Crippen MR) is 73.4 cm³/mol. The minimum absolute atomic E-state index is 0.0493. The molecule has 6 heteroatoms. The van der Waals surface area contributed by atoms with Crippen LogP contribution in [0.25, 0.3) is 0 Å². The molecule has 110 valence electrons. The summed E-state index contributed by atoms with van der Waals surface area (Å²) in [5, 5.41) is 0. The van der Waals surface area contributed by atoms with Gasteiger partial charge in [-0.1, -0.05) is 15.9 Å². The third-order valence-electron chi connectivity index (χ3n) is 3.36. The summed E-state index contributed by atoms with van der Waals surface area (Å²) < 4.78 is 38.5. The van der Waals surface area contributed by atoms with Crippen molar-refractivity contribution in [3.05, 3.63) is 33.8 Å². The van der Waals surface area contributed by atoms with Crippen molar-refractivity contribution < 1.29 is 18.0 Å². The second-order valence-corrected chi connectivity index (χ2v) is 5.83. The Kier molecular flexibility index (Phi) is 4.42. The smallest absolute Gasteiger partial charge is 0.339 e. The zero-order valence-electron chi connectivity index (χ0n) is 11.0. The number of amides is 1. The molecule has 0 heterocycles. The van der Waals surface area contributed by atoms with Gasteiger partial charge in [-0.3, -0.25) is 4.79 Å². The van der Waals surface area contributed by atoms with Gasteiger partial charge in [-0.15, -0.1) is 0 Å². The highest BCUT2D eigenvalue weighted by atomic mass is 79.9. The zero-order chi connectivity index (χ0) is 14.9. The first-order valence-corrected chi connectivity index (χ1v) is 7.28. The zero-order valence-corrected chi connectivity index (χ0v) is 12.6. The molecule has 1 amide bonds. The summed E-state index contributed by atoms with van der Waals surface area (Å²) in [6.45, 7) is 2.98. The summed E-state index contributed by atoms with van der Waals surface area (Å²) >= 11 is 2.87. The van der Waals surface area contributed by atoms with E-state index in [1.54, 1.807) is 4.90 Å². The molecule has 0 radical (unpaired) electrons. The van der Waals surface area contributed by atoms with Crippen LogP contribution in [-0.2, 0) is 6.18 Å². The molecule has 20 heavy (non-hydrogen) atoms. The van der Waals surface area contributed by atoms with Gasteiger partial charge >= 0.3 is 6.18 Å². The lowest BCUT2D eigenvalue weighted by Crippen LogP contribution is -2.32. The van der Waals surface area contributed by atoms with Crippen molar-refractivity contribution in [3.8, 4) is 0 Å². The molecule has 0 aliphatic heterocycles. The van der Waals surface area contributed by atoms with Gasteiger partial charge in [0.2, 0.25) is 0 Å². The summed E-state index contributed by atoms with van der Waals surface area (Å²) in [4.78, 5) is 13.9. The number of rotatable bonds is 4. The minimum atomic E-state index is -4.47. The normalized spacial score (nSPS) is 15.2. The molecule has 1 aromatic carbocycles. The topological polar surface area (TPSA) is 20.3 Å². The first-order valence-electron chi connectivity index (χ1n) is 6.49. The molecule has 0 spiro atoms. The molecule has 0 bridgehead atoms. The third-order valence-corrected chi connectivity index (χ3v) is 4.05. The van der Waals surface area contributed by atoms with Crippen LogP contribution < -0.4 is 0 Å². The van der Waals surface area contributed by atoms with Crippen molar-refractivity contribution in [3.63, 3.8) is 0 Å². The molecule has 0 N–H and O–H groups in total. The number of alkyl halides is 3. The van der Waals surface area contributed by atoms with E-state index in [9.17, 15) is 18.0 Å². The molecule has 1 aromatic rings. The highest BCUT2D eigenvalue weighted by Gasteiger charge is 2.34. The molecule has 1 fully saturated rings. The Morgan fingerprint density at radius 3 is 2.55 bits per heavy atom. The van der Waals surface area contributed by atoms with E-state index in [1.807, 2.05) is 6.92 Å². The number of hydrogen-bond donors (Lipinski definition) is 0. The first kappa shape index (κ1) is 15.4. The Morgan fingerprint density at radius 1 is 1.40 bits per heavy atom. The van der Waals surface area contributed by atoms with E-state index in [2.05, 4.69) is 15.9 Å². The summed E-state index contributed by atoms with van der Waals surface area (Å²) in [5.41, 5.74) is -0.728. The van der Waals surface area contributed by atoms with Crippen LogP contribution >= 0.6 is 15.9 Å². The Bertz CT molecular complexity index is 512. The van der Waals surface area contributed by atoms with Crippen molar-refractivity contribution in [1.82, 2.24) is 4.90 Å². The highest BCUT2D eigenvalue weighted by molar-refractivity contribution is 9.10. The minimum Gasteiger partial charge on any atom is -0.339 e. The lowest BCUT2D eigenvalue weighted by Gasteiger charge is -2.21. The lowest BCUT2D eigenvalue weighted by atomic mass is 10.1. The van der Waals surface area contributed by atoms with Gasteiger partial charge < -0.3 is 4.90 Å². The molecule has 1 aliphatic carbocycles. The maximum Gasteiger partial charge on any atom is 0.417 e. The van der Waals surface area contributed by atoms with E-state index >= 15 is 0 Å². The molecule has 0 saturated heterocycles. The molecule has 0 atom stereocenters. The van der Waals surface area contributed by atoms with E-state index in [1.165, 1.54) is 12.1 Å². The fourth-order valence-corrected chi connectivity index (χ4v) is 2.50. The summed E-state index contributed by atoms with van der Waals surface area (Å²) in [7, 11) is 0. The fraction of sp³-hybridized carbons (Fsp3) is 0.500. The summed E-state index contributed by atoms with van der Waals surface area (Å²) in [6.07, 6.45) is -2.28. The Labute approximate surface area is 124 Å². The van der Waals surface area contributed by atoms with Crippen LogP contribution in [0.1, 0.15) is 35.7 Å². The molecular weight excluding hydrogens is 335 g/mol. The quantitative estimate of drug-likeness (QED) is 0.791. The van der Waals surface area contributed by atoms with Gasteiger partial charge in [0.25, 0.3) is 5.91 Å². The predicted octanol–water partition coefficient (Wildman–Crippen LogP) is 4.34. The van der Waals surface area contributed by atoms with Gasteiger partial charge in [-0.25, -0.2) is 0 Å². The van der Waals surface area contributed by atoms with Crippen molar-refractivity contribution in [2.75, 3.05) is 13.1 Å². The van der Waals surface area contributed by atoms with Crippen molar-refractivity contribution in [1.29, 1.82) is 0 Å². The number of carbonyl (C=O) groups is 1. The van der Waals surface area contributed by atoms with Crippen LogP contribution in [0.15, 0.2) is 22.7 Å². The molecule has 1 saturated carbocycles. The van der Waals surface area contributed by atoms with E-state index in [4.69, 9.17) is 0 Å². The van der Waals surface area contributed by atoms with E-state index in [0.717, 1.165) is 18.9 Å². The number of halogens is 4. The number of benzene rings is 1. The fourth-order valence-electron chi connectivity index (χ4n) is 2.03. The van der Waals surface area contributed by atoms with Crippen molar-refractivity contribution >= 4 is 21.8 Å². The lowest BCUT2D eigenvalue weighted by molar-refractivity contribution is -0.138. The van der Waals surface area contributed by atoms with Crippen molar-refractivity contribution in [2.45, 2.75) is 25.9 Å². The van der Waals surface area contributed by atoms with E-state index in [-0.39, 0.29) is 15.9 Å². The largest absolute Gasteiger partial charge is 0.417 e. The molecule has 1 aliphatic rings. The number of carbonyl (C=O) groups excluding carboxylic acids is 1. The van der Waals surface area contributed by atoms with Gasteiger partial charge in [0.1, 0.15) is 0 Å². The van der Waals surface area contributed by atoms with Crippen LogP contribution in [0, 0.1) is 5.92 Å². The molecular formula is C14H15BrF3NO. The van der Waals surface area contributed by atoms with E-state index < -0.39 is 11.7 Å². The SMILES string of the molecule is CCN(CC1CC1)C(=O)c1ccc(Br)c(C(F)(F)F)c1. The maximum atomic E-state index is 12.8. The standard InChI is InChI=1S/C14H15BrF3NO/c1-2-19(8-9-3-4-9)13(20)10-5-6-12(15)11(7-10)14(16,17)18/h5-7,9H,2-4,8H2,1H3. The van der Waals surface area contributed by atoms with Gasteiger partial charge in [-0.2, -0.15) is 13.2 Å². The summed E-state index contributed by atoms with van der Waals surface area (Å²) in [6, 6.07) is 3.63. The molecule has 2 rings (SSSR count). The van der Waals surface area contributed by atoms with E-state index in [0.29, 0.717) is 19.0 Å². The van der Waals surface area contributed by atoms with Gasteiger partial charge in [-0.05, 0) is 43.9 Å².